The zero-order chi connectivity index (χ0) is 18.8. The van der Waals surface area contributed by atoms with E-state index in [4.69, 9.17) is 21.7 Å². The van der Waals surface area contributed by atoms with Crippen molar-refractivity contribution in [2.45, 2.75) is 32.8 Å². The van der Waals surface area contributed by atoms with E-state index in [-0.39, 0.29) is 25.0 Å². The third kappa shape index (κ3) is 3.86. The second-order valence-electron chi connectivity index (χ2n) is 6.02. The van der Waals surface area contributed by atoms with E-state index in [1.807, 2.05) is 26.0 Å². The molecule has 2 aliphatic heterocycles. The number of hydrogen-bond donors (Lipinski definition) is 0. The largest absolute Gasteiger partial charge is 0.550 e. The van der Waals surface area contributed by atoms with Crippen molar-refractivity contribution in [3.63, 3.8) is 0 Å². The molecular weight excluding hydrogens is 374 g/mol. The average Bonchev–Trinajstić information content (AvgIpc) is 3.05. The van der Waals surface area contributed by atoms with Crippen LogP contribution in [-0.2, 0) is 16.0 Å². The molecule has 2 heterocycles. The summed E-state index contributed by atoms with van der Waals surface area (Å²) >= 11 is 6.35. The third-order valence-corrected chi connectivity index (χ3v) is 5.41. The van der Waals surface area contributed by atoms with Gasteiger partial charge in [0.05, 0.1) is 11.5 Å². The summed E-state index contributed by atoms with van der Waals surface area (Å²) in [4.78, 5) is 24.9. The number of ether oxygens (including phenoxy) is 2. The van der Waals surface area contributed by atoms with Gasteiger partial charge in [-0.15, -0.1) is 0 Å². The Kier molecular flexibility index (Phi) is 5.52. The first-order valence-corrected chi connectivity index (χ1v) is 9.53. The number of amides is 1. The molecule has 0 bridgehead atoms. The second kappa shape index (κ2) is 7.67. The number of aliphatic carboxylic acids is 1. The number of carbonyl (C=O) groups excluding carboxylic acids is 2. The number of benzene rings is 1. The normalized spacial score (nSPS) is 20.5. The maximum absolute atomic E-state index is 12.6. The zero-order valence-electron chi connectivity index (χ0n) is 14.4. The van der Waals surface area contributed by atoms with Crippen LogP contribution in [0.25, 0.3) is 6.08 Å². The summed E-state index contributed by atoms with van der Waals surface area (Å²) < 4.78 is 11.9. The van der Waals surface area contributed by atoms with Crippen molar-refractivity contribution in [2.24, 2.45) is 0 Å². The number of nitrogens with zero attached hydrogens (tertiary/aromatic N) is 1. The Hall–Kier alpha value is -2.06. The fraction of sp³-hybridized carbons (Fsp3) is 0.389. The maximum Gasteiger partial charge on any atom is 0.266 e. The smallest absolute Gasteiger partial charge is 0.266 e. The van der Waals surface area contributed by atoms with Crippen LogP contribution in [0.5, 0.6) is 11.5 Å². The van der Waals surface area contributed by atoms with E-state index in [0.29, 0.717) is 21.6 Å². The van der Waals surface area contributed by atoms with Crippen LogP contribution in [0.4, 0.5) is 0 Å². The number of fused-ring (bicyclic) bond motifs is 1. The van der Waals surface area contributed by atoms with E-state index >= 15 is 0 Å². The highest BCUT2D eigenvalue weighted by Gasteiger charge is 2.32. The molecule has 1 atom stereocenters. The molecule has 2 aliphatic rings. The molecule has 1 saturated heterocycles. The van der Waals surface area contributed by atoms with Gasteiger partial charge < -0.3 is 19.4 Å². The van der Waals surface area contributed by atoms with Crippen LogP contribution in [0, 0.1) is 0 Å². The fourth-order valence-electron chi connectivity index (χ4n) is 2.89. The lowest BCUT2D eigenvalue weighted by molar-refractivity contribution is -0.305. The van der Waals surface area contributed by atoms with Crippen molar-refractivity contribution in [3.05, 3.63) is 28.2 Å². The van der Waals surface area contributed by atoms with Gasteiger partial charge in [0, 0.05) is 36.5 Å². The lowest BCUT2D eigenvalue weighted by Gasteiger charge is -2.14. The lowest BCUT2D eigenvalue weighted by Crippen LogP contribution is -2.33. The van der Waals surface area contributed by atoms with Gasteiger partial charge in [-0.05, 0) is 32.1 Å². The molecule has 3 rings (SSSR count). The van der Waals surface area contributed by atoms with E-state index < -0.39 is 5.97 Å². The molecule has 6 nitrogen and oxygen atoms in total. The van der Waals surface area contributed by atoms with Gasteiger partial charge in [0.25, 0.3) is 5.91 Å². The Morgan fingerprint density at radius 3 is 3.00 bits per heavy atom. The first-order valence-electron chi connectivity index (χ1n) is 8.30. The molecular formula is C18H18NO5S2-. The number of rotatable bonds is 6. The molecule has 26 heavy (non-hydrogen) atoms. The van der Waals surface area contributed by atoms with Gasteiger partial charge in [0.2, 0.25) is 0 Å². The third-order valence-electron chi connectivity index (χ3n) is 4.03. The van der Waals surface area contributed by atoms with Gasteiger partial charge in [-0.25, -0.2) is 0 Å². The molecule has 1 fully saturated rings. The van der Waals surface area contributed by atoms with Crippen molar-refractivity contribution in [2.75, 3.05) is 13.2 Å². The second-order valence-corrected chi connectivity index (χ2v) is 7.69. The topological polar surface area (TPSA) is 78.9 Å². The summed E-state index contributed by atoms with van der Waals surface area (Å²) in [5, 5.41) is 10.6. The van der Waals surface area contributed by atoms with Crippen molar-refractivity contribution in [3.8, 4) is 11.5 Å². The predicted molar refractivity (Wildman–Crippen MR) is 101 cm³/mol. The monoisotopic (exact) mass is 392 g/mol. The zero-order valence-corrected chi connectivity index (χ0v) is 16.1. The summed E-state index contributed by atoms with van der Waals surface area (Å²) in [5.74, 6) is -0.0476. The molecule has 1 aromatic rings. The van der Waals surface area contributed by atoms with E-state index in [1.54, 1.807) is 6.08 Å². The molecule has 0 aromatic heterocycles. The molecule has 0 N–H and O–H groups in total. The number of thiocarbonyl (C=S) groups is 1. The molecule has 0 aliphatic carbocycles. The predicted octanol–water partition coefficient (Wildman–Crippen LogP) is 1.75. The van der Waals surface area contributed by atoms with E-state index in [0.717, 1.165) is 35.1 Å². The molecule has 1 aromatic carbocycles. The van der Waals surface area contributed by atoms with Crippen LogP contribution in [0.2, 0.25) is 0 Å². The van der Waals surface area contributed by atoms with E-state index in [1.165, 1.54) is 4.90 Å². The number of carboxylic acids is 1. The molecule has 0 spiro atoms. The maximum atomic E-state index is 12.6. The Labute approximate surface area is 161 Å². The Morgan fingerprint density at radius 2 is 2.31 bits per heavy atom. The minimum absolute atomic E-state index is 0.00741. The molecule has 1 amide bonds. The van der Waals surface area contributed by atoms with Crippen LogP contribution in [-0.4, -0.2) is 40.4 Å². The summed E-state index contributed by atoms with van der Waals surface area (Å²) in [6.45, 7) is 4.41. The lowest BCUT2D eigenvalue weighted by atomic mass is 10.1. The highest BCUT2D eigenvalue weighted by Crippen LogP contribution is 2.39. The number of hydrogen-bond acceptors (Lipinski definition) is 7. The van der Waals surface area contributed by atoms with Crippen molar-refractivity contribution in [1.82, 2.24) is 4.90 Å². The molecule has 8 heteroatoms. The molecule has 0 saturated carbocycles. The van der Waals surface area contributed by atoms with Crippen LogP contribution >= 0.6 is 24.0 Å². The van der Waals surface area contributed by atoms with Crippen LogP contribution in [0.15, 0.2) is 17.0 Å². The van der Waals surface area contributed by atoms with E-state index in [9.17, 15) is 14.7 Å². The molecule has 0 unspecified atom stereocenters. The summed E-state index contributed by atoms with van der Waals surface area (Å²) in [6.07, 6.45) is 2.39. The van der Waals surface area contributed by atoms with Crippen molar-refractivity contribution in [1.29, 1.82) is 0 Å². The first kappa shape index (κ1) is 18.7. The van der Waals surface area contributed by atoms with Gasteiger partial charge in [-0.3, -0.25) is 9.69 Å². The van der Waals surface area contributed by atoms with Crippen molar-refractivity contribution >= 4 is 46.3 Å². The Bertz CT molecular complexity index is 805. The highest BCUT2D eigenvalue weighted by molar-refractivity contribution is 8.26. The van der Waals surface area contributed by atoms with Gasteiger partial charge >= 0.3 is 0 Å². The number of carboxylic acid groups (broad SMARTS) is 1. The SMILES string of the molecule is CCOc1cc2c(cc1/C=C1\SC(=S)N(CCC(=O)[O-])C1=O)O[C@H](C)C2. The summed E-state index contributed by atoms with van der Waals surface area (Å²) in [6, 6.07) is 3.82. The van der Waals surface area contributed by atoms with Crippen LogP contribution in [0.1, 0.15) is 31.4 Å². The standard InChI is InChI=1S/C18H19NO5S2/c1-3-23-13-7-11-6-10(2)24-14(11)8-12(13)9-15-17(22)19(18(25)26-15)5-4-16(20)21/h7-10H,3-6H2,1-2H3,(H,20,21)/p-1/b15-9-/t10-/m1/s1. The Balaban J connectivity index is 1.89. The summed E-state index contributed by atoms with van der Waals surface area (Å²) in [7, 11) is 0. The molecule has 0 radical (unpaired) electrons. The number of carbonyl (C=O) groups is 2. The van der Waals surface area contributed by atoms with Crippen LogP contribution < -0.4 is 14.6 Å². The average molecular weight is 392 g/mol. The van der Waals surface area contributed by atoms with Crippen molar-refractivity contribution < 1.29 is 24.2 Å². The Morgan fingerprint density at radius 1 is 1.54 bits per heavy atom. The van der Waals surface area contributed by atoms with Gasteiger partial charge in [0.1, 0.15) is 21.9 Å². The van der Waals surface area contributed by atoms with Gasteiger partial charge in [0.15, 0.2) is 0 Å². The first-order chi connectivity index (χ1) is 12.4. The summed E-state index contributed by atoms with van der Waals surface area (Å²) in [5.41, 5.74) is 1.82. The van der Waals surface area contributed by atoms with Crippen LogP contribution in [0.3, 0.4) is 0 Å². The van der Waals surface area contributed by atoms with Gasteiger partial charge in [-0.1, -0.05) is 24.0 Å². The minimum Gasteiger partial charge on any atom is -0.550 e. The number of thioether (sulfide) groups is 1. The fourth-order valence-corrected chi connectivity index (χ4v) is 4.18. The minimum atomic E-state index is -1.22. The van der Waals surface area contributed by atoms with E-state index in [2.05, 4.69) is 0 Å². The molecule has 138 valence electrons. The quantitative estimate of drug-likeness (QED) is 0.539. The highest BCUT2D eigenvalue weighted by atomic mass is 32.2. The van der Waals surface area contributed by atoms with Gasteiger partial charge in [-0.2, -0.15) is 0 Å².